The van der Waals surface area contributed by atoms with Crippen molar-refractivity contribution in [2.75, 3.05) is 50.7 Å². The second-order valence-electron chi connectivity index (χ2n) is 9.62. The highest BCUT2D eigenvalue weighted by atomic mass is 32.2. The summed E-state index contributed by atoms with van der Waals surface area (Å²) in [6.45, 7) is 8.59. The third-order valence-corrected chi connectivity index (χ3v) is 8.35. The molecule has 0 radical (unpaired) electrons. The van der Waals surface area contributed by atoms with E-state index < -0.39 is 0 Å². The summed E-state index contributed by atoms with van der Waals surface area (Å²) >= 11 is 1.41. The Morgan fingerprint density at radius 3 is 2.57 bits per heavy atom. The van der Waals surface area contributed by atoms with E-state index in [0.717, 1.165) is 63.8 Å². The number of piperazine rings is 1. The lowest BCUT2D eigenvalue weighted by atomic mass is 10.1. The van der Waals surface area contributed by atoms with Crippen molar-refractivity contribution >= 4 is 40.2 Å². The fraction of sp³-hybridized carbons (Fsp3) is 0.407. The molecule has 0 spiro atoms. The maximum absolute atomic E-state index is 15.2. The maximum atomic E-state index is 15.2. The van der Waals surface area contributed by atoms with E-state index >= 15 is 4.39 Å². The van der Waals surface area contributed by atoms with Crippen LogP contribution in [-0.4, -0.2) is 81.3 Å². The van der Waals surface area contributed by atoms with Gasteiger partial charge in [0.15, 0.2) is 10.8 Å². The first kappa shape index (κ1) is 24.1. The molecule has 37 heavy (non-hydrogen) atoms. The molecule has 1 aromatic carbocycles. The topological polar surface area (TPSA) is 69.3 Å². The first-order chi connectivity index (χ1) is 18.1. The maximum Gasteiger partial charge on any atom is 0.286 e. The summed E-state index contributed by atoms with van der Waals surface area (Å²) < 4.78 is 16.9. The van der Waals surface area contributed by atoms with E-state index in [1.807, 2.05) is 24.3 Å². The molecule has 0 bridgehead atoms. The van der Waals surface area contributed by atoms with E-state index in [0.29, 0.717) is 33.2 Å². The monoisotopic (exact) mass is 519 g/mol. The summed E-state index contributed by atoms with van der Waals surface area (Å²) in [4.78, 5) is 28.5. The van der Waals surface area contributed by atoms with Crippen LogP contribution in [0, 0.1) is 5.82 Å². The van der Waals surface area contributed by atoms with Gasteiger partial charge in [-0.2, -0.15) is 10.1 Å². The number of likely N-dealkylation sites (N-methyl/N-ethyl adjacent to an activating group) is 1. The second kappa shape index (κ2) is 10.3. The third-order valence-electron chi connectivity index (χ3n) is 7.30. The van der Waals surface area contributed by atoms with Crippen molar-refractivity contribution in [1.82, 2.24) is 24.4 Å². The molecule has 3 aliphatic heterocycles. The van der Waals surface area contributed by atoms with Gasteiger partial charge in [0.1, 0.15) is 5.82 Å². The molecule has 5 heterocycles. The molecule has 6 rings (SSSR count). The molecule has 0 saturated carbocycles. The van der Waals surface area contributed by atoms with Crippen LogP contribution in [0.1, 0.15) is 31.9 Å². The lowest BCUT2D eigenvalue weighted by Gasteiger charge is -2.35. The van der Waals surface area contributed by atoms with Gasteiger partial charge in [0.05, 0.1) is 28.2 Å². The SMILES string of the molecule is CCN1CCN(c2ccc(-c3cnc4ccc(/C=C5\SC(N6CCCCC6)=NC5=O)nn34)cc2F)CC1. The van der Waals surface area contributed by atoms with E-state index in [1.54, 1.807) is 22.9 Å². The number of piperidine rings is 1. The number of nitrogens with zero attached hydrogens (tertiary/aromatic N) is 7. The Labute approximate surface area is 219 Å². The lowest BCUT2D eigenvalue weighted by molar-refractivity contribution is -0.113. The van der Waals surface area contributed by atoms with Gasteiger partial charge in [-0.1, -0.05) is 13.0 Å². The molecule has 0 aliphatic carbocycles. The molecular formula is C27H30FN7OS. The van der Waals surface area contributed by atoms with Crippen molar-refractivity contribution in [3.05, 3.63) is 52.9 Å². The summed E-state index contributed by atoms with van der Waals surface area (Å²) in [6.07, 6.45) is 6.97. The Morgan fingerprint density at radius 1 is 1.00 bits per heavy atom. The van der Waals surface area contributed by atoms with Gasteiger partial charge in [-0.3, -0.25) is 4.79 Å². The van der Waals surface area contributed by atoms with Gasteiger partial charge in [-0.15, -0.1) is 0 Å². The van der Waals surface area contributed by atoms with E-state index in [2.05, 4.69) is 31.6 Å². The smallest absolute Gasteiger partial charge is 0.286 e. The summed E-state index contributed by atoms with van der Waals surface area (Å²) in [5, 5.41) is 5.50. The van der Waals surface area contributed by atoms with Crippen molar-refractivity contribution in [1.29, 1.82) is 0 Å². The quantitative estimate of drug-likeness (QED) is 0.480. The summed E-state index contributed by atoms with van der Waals surface area (Å²) in [6, 6.07) is 9.04. The first-order valence-electron chi connectivity index (χ1n) is 13.0. The number of anilines is 1. The van der Waals surface area contributed by atoms with E-state index in [9.17, 15) is 4.79 Å². The van der Waals surface area contributed by atoms with E-state index in [1.165, 1.54) is 18.2 Å². The molecule has 0 atom stereocenters. The number of aliphatic imine (C=N–C) groups is 1. The minimum Gasteiger partial charge on any atom is -0.367 e. The van der Waals surface area contributed by atoms with Crippen LogP contribution in [0.3, 0.4) is 0 Å². The van der Waals surface area contributed by atoms with E-state index in [-0.39, 0.29) is 11.7 Å². The highest BCUT2D eigenvalue weighted by Crippen LogP contribution is 2.32. The molecular weight excluding hydrogens is 489 g/mol. The molecule has 2 saturated heterocycles. The van der Waals surface area contributed by atoms with Crippen LogP contribution in [0.2, 0.25) is 0 Å². The van der Waals surface area contributed by atoms with Crippen LogP contribution in [0.25, 0.3) is 23.0 Å². The fourth-order valence-electron chi connectivity index (χ4n) is 5.14. The molecule has 8 nitrogen and oxygen atoms in total. The van der Waals surface area contributed by atoms with Gasteiger partial charge < -0.3 is 14.7 Å². The average Bonchev–Trinajstić information content (AvgIpc) is 3.52. The van der Waals surface area contributed by atoms with Crippen LogP contribution in [-0.2, 0) is 4.79 Å². The molecule has 3 aliphatic rings. The number of carbonyl (C=O) groups excluding carboxylic acids is 1. The molecule has 3 aromatic rings. The molecule has 2 aromatic heterocycles. The zero-order valence-corrected chi connectivity index (χ0v) is 21.8. The lowest BCUT2D eigenvalue weighted by Crippen LogP contribution is -2.46. The Morgan fingerprint density at radius 2 is 1.81 bits per heavy atom. The number of carbonyl (C=O) groups is 1. The minimum atomic E-state index is -0.244. The number of aromatic nitrogens is 3. The zero-order chi connectivity index (χ0) is 25.4. The van der Waals surface area contributed by atoms with Crippen molar-refractivity contribution in [3.8, 4) is 11.3 Å². The molecule has 1 amide bonds. The Bertz CT molecular complexity index is 1390. The van der Waals surface area contributed by atoms with Gasteiger partial charge in [-0.25, -0.2) is 13.9 Å². The molecule has 0 N–H and O–H groups in total. The van der Waals surface area contributed by atoms with E-state index in [4.69, 9.17) is 5.10 Å². The van der Waals surface area contributed by atoms with Gasteiger partial charge in [0, 0.05) is 44.8 Å². The van der Waals surface area contributed by atoms with Crippen LogP contribution < -0.4 is 4.90 Å². The Hall–Kier alpha value is -3.24. The summed E-state index contributed by atoms with van der Waals surface area (Å²) in [5.41, 5.74) is 3.33. The number of fused-ring (bicyclic) bond motifs is 1. The number of likely N-dealkylation sites (tertiary alicyclic amines) is 1. The number of rotatable bonds is 4. The highest BCUT2D eigenvalue weighted by molar-refractivity contribution is 8.18. The number of thioether (sulfide) groups is 1. The van der Waals surface area contributed by atoms with Gasteiger partial charge in [0.25, 0.3) is 5.91 Å². The molecule has 192 valence electrons. The van der Waals surface area contributed by atoms with Crippen molar-refractivity contribution in [2.45, 2.75) is 26.2 Å². The Kier molecular flexibility index (Phi) is 6.69. The van der Waals surface area contributed by atoms with Crippen molar-refractivity contribution in [2.24, 2.45) is 4.99 Å². The average molecular weight is 520 g/mol. The molecule has 2 fully saturated rings. The largest absolute Gasteiger partial charge is 0.367 e. The highest BCUT2D eigenvalue weighted by Gasteiger charge is 2.27. The van der Waals surface area contributed by atoms with Gasteiger partial charge >= 0.3 is 0 Å². The number of hydrogen-bond acceptors (Lipinski definition) is 7. The predicted octanol–water partition coefficient (Wildman–Crippen LogP) is 4.13. The van der Waals surface area contributed by atoms with Crippen molar-refractivity contribution in [3.63, 3.8) is 0 Å². The number of halogens is 1. The normalized spacial score (nSPS) is 20.3. The zero-order valence-electron chi connectivity index (χ0n) is 20.9. The second-order valence-corrected chi connectivity index (χ2v) is 10.6. The van der Waals surface area contributed by atoms with Crippen LogP contribution in [0.15, 0.2) is 46.4 Å². The molecule has 10 heteroatoms. The summed E-state index contributed by atoms with van der Waals surface area (Å²) in [7, 11) is 0. The van der Waals surface area contributed by atoms with Crippen LogP contribution >= 0.6 is 11.8 Å². The number of amides is 1. The third kappa shape index (κ3) is 4.87. The first-order valence-corrected chi connectivity index (χ1v) is 13.8. The fourth-order valence-corrected chi connectivity index (χ4v) is 6.09. The predicted molar refractivity (Wildman–Crippen MR) is 146 cm³/mol. The van der Waals surface area contributed by atoms with Gasteiger partial charge in [-0.05, 0) is 67.9 Å². The number of hydrogen-bond donors (Lipinski definition) is 0. The standard InChI is InChI=1S/C27H30FN7OS/c1-2-32-12-14-33(15-13-32)22-8-6-19(16-21(22)28)23-18-29-25-9-7-20(31-35(23)25)17-24-26(36)30-27(37-24)34-10-4-3-5-11-34/h6-9,16-18H,2-5,10-15H2,1H3/b24-17-. The Balaban J connectivity index is 1.24. The summed E-state index contributed by atoms with van der Waals surface area (Å²) in [5.74, 6) is -0.471. The van der Waals surface area contributed by atoms with Gasteiger partial charge in [0.2, 0.25) is 0 Å². The number of imidazole rings is 1. The molecule has 0 unspecified atom stereocenters. The minimum absolute atomic E-state index is 0.226. The van der Waals surface area contributed by atoms with Crippen LogP contribution in [0.4, 0.5) is 10.1 Å². The van der Waals surface area contributed by atoms with Crippen LogP contribution in [0.5, 0.6) is 0 Å². The van der Waals surface area contributed by atoms with Crippen molar-refractivity contribution < 1.29 is 9.18 Å². The number of amidine groups is 1. The number of benzene rings is 1.